The standard InChI is InChI=1S/C36H43F3N8O2/c1-36(2,21-37)46-19-25(20-46)23-8-11-45(12-9-23)31-15-32(48-4)29(14-27(31)24-17-42-44(3)18-24)43-33-16-34(41-22-40-33)47-30(10-13-49-47)26-6-5-7-28(38)35(26)39/h5-7,14-18,22-23,25,30H,8-13,19-21H2,1-4H3,(H,40,41,43)/t30-/m1/s1. The summed E-state index contributed by atoms with van der Waals surface area (Å²) in [6, 6.07) is 9.45. The van der Waals surface area contributed by atoms with Gasteiger partial charge in [-0.15, -0.1) is 0 Å². The second-order valence-electron chi connectivity index (χ2n) is 13.9. The highest BCUT2D eigenvalue weighted by Gasteiger charge is 2.41. The molecule has 2 aromatic carbocycles. The summed E-state index contributed by atoms with van der Waals surface area (Å²) in [5.74, 6) is 0.980. The van der Waals surface area contributed by atoms with Crippen molar-refractivity contribution in [1.29, 1.82) is 0 Å². The summed E-state index contributed by atoms with van der Waals surface area (Å²) in [5, 5.41) is 9.36. The second kappa shape index (κ2) is 13.5. The average Bonchev–Trinajstić information content (AvgIpc) is 3.75. The van der Waals surface area contributed by atoms with Gasteiger partial charge in [-0.3, -0.25) is 14.4 Å². The van der Waals surface area contributed by atoms with E-state index in [0.717, 1.165) is 61.9 Å². The van der Waals surface area contributed by atoms with Crippen LogP contribution in [0.1, 0.15) is 44.7 Å². The Hall–Kier alpha value is -4.36. The molecule has 7 rings (SSSR count). The van der Waals surface area contributed by atoms with Crippen molar-refractivity contribution in [3.63, 3.8) is 0 Å². The van der Waals surface area contributed by atoms with Crippen LogP contribution in [-0.2, 0) is 11.9 Å². The van der Waals surface area contributed by atoms with Gasteiger partial charge in [-0.2, -0.15) is 5.10 Å². The Bertz CT molecular complexity index is 1790. The molecule has 0 aliphatic carbocycles. The fraction of sp³-hybridized carbons (Fsp3) is 0.472. The van der Waals surface area contributed by atoms with E-state index in [0.29, 0.717) is 47.9 Å². The van der Waals surface area contributed by atoms with Crippen LogP contribution in [0.15, 0.2) is 55.1 Å². The number of alkyl halides is 1. The van der Waals surface area contributed by atoms with Gasteiger partial charge in [0, 0.05) is 85.9 Å². The fourth-order valence-electron chi connectivity index (χ4n) is 7.32. The van der Waals surface area contributed by atoms with Crippen molar-refractivity contribution < 1.29 is 22.7 Å². The number of nitrogens with one attached hydrogen (secondary N) is 1. The molecule has 1 atom stereocenters. The second-order valence-corrected chi connectivity index (χ2v) is 13.9. The summed E-state index contributed by atoms with van der Waals surface area (Å²) in [6.07, 6.45) is 7.89. The Balaban J connectivity index is 1.12. The topological polar surface area (TPSA) is 83.8 Å². The number of methoxy groups -OCH3 is 1. The minimum atomic E-state index is -0.900. The molecular weight excluding hydrogens is 633 g/mol. The third-order valence-electron chi connectivity index (χ3n) is 10.4. The van der Waals surface area contributed by atoms with E-state index in [2.05, 4.69) is 42.3 Å². The first-order chi connectivity index (χ1) is 23.6. The van der Waals surface area contributed by atoms with Crippen LogP contribution in [0.4, 0.5) is 36.2 Å². The van der Waals surface area contributed by atoms with Crippen LogP contribution in [0, 0.1) is 23.5 Å². The normalized spacial score (nSPS) is 19.4. The van der Waals surface area contributed by atoms with E-state index >= 15 is 0 Å². The van der Waals surface area contributed by atoms with Crippen molar-refractivity contribution in [2.45, 2.75) is 44.7 Å². The lowest BCUT2D eigenvalue weighted by Gasteiger charge is -2.52. The van der Waals surface area contributed by atoms with Gasteiger partial charge >= 0.3 is 0 Å². The van der Waals surface area contributed by atoms with Crippen LogP contribution < -0.4 is 20.0 Å². The quantitative estimate of drug-likeness (QED) is 0.198. The van der Waals surface area contributed by atoms with Crippen molar-refractivity contribution in [3.05, 3.63) is 72.3 Å². The molecule has 260 valence electrons. The highest BCUT2D eigenvalue weighted by molar-refractivity contribution is 5.85. The maximum atomic E-state index is 14.7. The first-order valence-electron chi connectivity index (χ1n) is 16.9. The van der Waals surface area contributed by atoms with Crippen molar-refractivity contribution >= 4 is 23.0 Å². The van der Waals surface area contributed by atoms with Gasteiger partial charge in [0.05, 0.1) is 31.6 Å². The third kappa shape index (κ3) is 6.53. The van der Waals surface area contributed by atoms with E-state index in [1.807, 2.05) is 33.3 Å². The summed E-state index contributed by atoms with van der Waals surface area (Å²) in [6.45, 7) is 7.73. The summed E-state index contributed by atoms with van der Waals surface area (Å²) in [5.41, 5.74) is 3.57. The van der Waals surface area contributed by atoms with Gasteiger partial charge in [-0.25, -0.2) is 28.2 Å². The van der Waals surface area contributed by atoms with Crippen LogP contribution in [-0.4, -0.2) is 76.8 Å². The van der Waals surface area contributed by atoms with Gasteiger partial charge in [0.25, 0.3) is 0 Å². The number of likely N-dealkylation sites (tertiary alicyclic amines) is 1. The predicted molar refractivity (Wildman–Crippen MR) is 183 cm³/mol. The molecule has 0 spiro atoms. The molecule has 1 N–H and O–H groups in total. The number of aryl methyl sites for hydroxylation is 1. The molecule has 0 unspecified atom stereocenters. The zero-order valence-corrected chi connectivity index (χ0v) is 28.4. The molecule has 0 radical (unpaired) electrons. The molecular formula is C36H43F3N8O2. The number of anilines is 4. The zero-order valence-electron chi connectivity index (χ0n) is 28.4. The van der Waals surface area contributed by atoms with E-state index in [-0.39, 0.29) is 17.8 Å². The van der Waals surface area contributed by atoms with Crippen LogP contribution in [0.3, 0.4) is 0 Å². The molecule has 10 nitrogen and oxygen atoms in total. The van der Waals surface area contributed by atoms with Crippen LogP contribution in [0.25, 0.3) is 11.1 Å². The van der Waals surface area contributed by atoms with E-state index in [1.54, 1.807) is 23.9 Å². The zero-order chi connectivity index (χ0) is 34.3. The molecule has 4 aromatic rings. The molecule has 3 saturated heterocycles. The number of ether oxygens (including phenoxy) is 1. The van der Waals surface area contributed by atoms with Gasteiger partial charge in [0.15, 0.2) is 17.5 Å². The Morgan fingerprint density at radius 1 is 1.04 bits per heavy atom. The SMILES string of the molecule is COc1cc(N2CCC(C3CN(C(C)(C)CF)C3)CC2)c(-c2cnn(C)c2)cc1Nc1cc(N2OCC[C@@H]2c2cccc(F)c2F)ncn1. The lowest BCUT2D eigenvalue weighted by molar-refractivity contribution is -0.0359. The molecule has 0 bridgehead atoms. The molecule has 3 aliphatic rings. The van der Waals surface area contributed by atoms with Crippen molar-refractivity contribution in [2.75, 3.05) is 61.9 Å². The Morgan fingerprint density at radius 2 is 1.84 bits per heavy atom. The number of benzene rings is 2. The first-order valence-corrected chi connectivity index (χ1v) is 16.9. The maximum absolute atomic E-state index is 14.7. The molecule has 0 saturated carbocycles. The predicted octanol–water partition coefficient (Wildman–Crippen LogP) is 6.69. The lowest BCUT2D eigenvalue weighted by atomic mass is 9.77. The van der Waals surface area contributed by atoms with E-state index in [9.17, 15) is 13.2 Å². The minimum Gasteiger partial charge on any atom is -0.494 e. The summed E-state index contributed by atoms with van der Waals surface area (Å²) >= 11 is 0. The first kappa shape index (κ1) is 33.2. The number of aromatic nitrogens is 4. The van der Waals surface area contributed by atoms with E-state index < -0.39 is 17.7 Å². The summed E-state index contributed by atoms with van der Waals surface area (Å²) in [4.78, 5) is 19.4. The van der Waals surface area contributed by atoms with Gasteiger partial charge in [0.2, 0.25) is 0 Å². The molecule has 5 heterocycles. The van der Waals surface area contributed by atoms with Gasteiger partial charge in [-0.1, -0.05) is 12.1 Å². The van der Waals surface area contributed by atoms with Crippen LogP contribution in [0.5, 0.6) is 5.75 Å². The van der Waals surface area contributed by atoms with Crippen molar-refractivity contribution in [3.8, 4) is 16.9 Å². The van der Waals surface area contributed by atoms with E-state index in [4.69, 9.17) is 9.57 Å². The Morgan fingerprint density at radius 3 is 2.55 bits per heavy atom. The fourth-order valence-corrected chi connectivity index (χ4v) is 7.32. The monoisotopic (exact) mass is 676 g/mol. The molecule has 3 aliphatic heterocycles. The summed E-state index contributed by atoms with van der Waals surface area (Å²) in [7, 11) is 3.54. The smallest absolute Gasteiger partial charge is 0.164 e. The largest absolute Gasteiger partial charge is 0.494 e. The Labute approximate surface area is 284 Å². The highest BCUT2D eigenvalue weighted by atomic mass is 19.2. The molecule has 2 aromatic heterocycles. The van der Waals surface area contributed by atoms with E-state index in [1.165, 1.54) is 17.5 Å². The number of piperidine rings is 1. The van der Waals surface area contributed by atoms with Crippen molar-refractivity contribution in [2.24, 2.45) is 18.9 Å². The third-order valence-corrected chi connectivity index (χ3v) is 10.4. The number of hydrogen-bond acceptors (Lipinski definition) is 9. The average molecular weight is 677 g/mol. The number of hydrogen-bond donors (Lipinski definition) is 1. The Kier molecular flexibility index (Phi) is 9.14. The van der Waals surface area contributed by atoms with Gasteiger partial charge in [0.1, 0.15) is 24.6 Å². The lowest BCUT2D eigenvalue weighted by Crippen LogP contribution is -2.60. The van der Waals surface area contributed by atoms with Crippen molar-refractivity contribution in [1.82, 2.24) is 24.6 Å². The molecule has 49 heavy (non-hydrogen) atoms. The number of nitrogens with zero attached hydrogens (tertiary/aromatic N) is 7. The maximum Gasteiger partial charge on any atom is 0.164 e. The van der Waals surface area contributed by atoms with Gasteiger partial charge < -0.3 is 15.0 Å². The number of hydroxylamine groups is 1. The van der Waals surface area contributed by atoms with Crippen LogP contribution in [0.2, 0.25) is 0 Å². The number of halogens is 3. The highest BCUT2D eigenvalue weighted by Crippen LogP contribution is 2.43. The van der Waals surface area contributed by atoms with Gasteiger partial charge in [-0.05, 0) is 50.7 Å². The summed E-state index contributed by atoms with van der Waals surface area (Å²) < 4.78 is 50.0. The minimum absolute atomic E-state index is 0.212. The molecule has 3 fully saturated rings. The molecule has 0 amide bonds. The number of rotatable bonds is 10. The van der Waals surface area contributed by atoms with Crippen LogP contribution >= 0.6 is 0 Å². The molecule has 13 heteroatoms.